The van der Waals surface area contributed by atoms with E-state index in [9.17, 15) is 9.59 Å². The molecular formula is C29H33N3O3. The van der Waals surface area contributed by atoms with E-state index in [4.69, 9.17) is 4.74 Å². The van der Waals surface area contributed by atoms with Crippen LogP contribution in [-0.4, -0.2) is 40.0 Å². The van der Waals surface area contributed by atoms with Crippen molar-refractivity contribution in [2.24, 2.45) is 0 Å². The highest BCUT2D eigenvalue weighted by atomic mass is 16.5. The van der Waals surface area contributed by atoms with Crippen LogP contribution in [0.2, 0.25) is 0 Å². The topological polar surface area (TPSA) is 63.6 Å². The van der Waals surface area contributed by atoms with Gasteiger partial charge in [0.25, 0.3) is 5.91 Å². The van der Waals surface area contributed by atoms with E-state index in [-0.39, 0.29) is 17.9 Å². The highest BCUT2D eigenvalue weighted by Crippen LogP contribution is 2.35. The molecule has 1 atom stereocenters. The summed E-state index contributed by atoms with van der Waals surface area (Å²) in [5.74, 6) is 0.511. The summed E-state index contributed by atoms with van der Waals surface area (Å²) in [7, 11) is 1.63. The first-order valence-corrected chi connectivity index (χ1v) is 12.5. The number of carbonyl (C=O) groups excluding carboxylic acids is 2. The summed E-state index contributed by atoms with van der Waals surface area (Å²) >= 11 is 0. The van der Waals surface area contributed by atoms with Gasteiger partial charge in [0.15, 0.2) is 0 Å². The number of nitrogens with zero attached hydrogens (tertiary/aromatic N) is 2. The van der Waals surface area contributed by atoms with E-state index in [1.807, 2.05) is 78.2 Å². The van der Waals surface area contributed by atoms with Gasteiger partial charge in [0.2, 0.25) is 5.91 Å². The average molecular weight is 472 g/mol. The van der Waals surface area contributed by atoms with Gasteiger partial charge in [-0.25, -0.2) is 0 Å². The van der Waals surface area contributed by atoms with Crippen molar-refractivity contribution in [1.82, 2.24) is 14.8 Å². The Balaban J connectivity index is 1.53. The zero-order chi connectivity index (χ0) is 24.4. The normalized spacial score (nSPS) is 20.4. The first-order chi connectivity index (χ1) is 17.0. The van der Waals surface area contributed by atoms with Crippen LogP contribution in [-0.2, 0) is 17.9 Å². The maximum atomic E-state index is 13.9. The Labute approximate surface area is 206 Å². The fraction of sp³-hybridized carbons (Fsp3) is 0.379. The molecule has 6 nitrogen and oxygen atoms in total. The third-order valence-electron chi connectivity index (χ3n) is 7.48. The van der Waals surface area contributed by atoms with Crippen molar-refractivity contribution in [2.45, 2.75) is 63.7 Å². The molecular weight excluding hydrogens is 438 g/mol. The van der Waals surface area contributed by atoms with Gasteiger partial charge in [-0.15, -0.1) is 0 Å². The number of hydrogen-bond donors (Lipinski definition) is 1. The van der Waals surface area contributed by atoms with Crippen LogP contribution < -0.4 is 10.1 Å². The molecule has 6 heteroatoms. The van der Waals surface area contributed by atoms with E-state index in [1.165, 1.54) is 6.42 Å². The molecule has 1 N–H and O–H groups in total. The molecule has 182 valence electrons. The summed E-state index contributed by atoms with van der Waals surface area (Å²) in [5, 5.41) is 3.30. The molecule has 0 bridgehead atoms. The molecule has 0 radical (unpaired) electrons. The Kier molecular flexibility index (Phi) is 6.37. The highest BCUT2D eigenvalue weighted by Gasteiger charge is 2.48. The lowest BCUT2D eigenvalue weighted by Gasteiger charge is -2.45. The fourth-order valence-corrected chi connectivity index (χ4v) is 5.42. The van der Waals surface area contributed by atoms with Crippen molar-refractivity contribution in [1.29, 1.82) is 0 Å². The molecule has 0 saturated heterocycles. The quantitative estimate of drug-likeness (QED) is 0.549. The van der Waals surface area contributed by atoms with Gasteiger partial charge in [-0.2, -0.15) is 0 Å². The van der Waals surface area contributed by atoms with Crippen molar-refractivity contribution in [3.05, 3.63) is 78.0 Å². The predicted molar refractivity (Wildman–Crippen MR) is 136 cm³/mol. The van der Waals surface area contributed by atoms with Crippen LogP contribution in [0.4, 0.5) is 0 Å². The smallest absolute Gasteiger partial charge is 0.271 e. The second-order valence-electron chi connectivity index (χ2n) is 9.88. The van der Waals surface area contributed by atoms with E-state index in [2.05, 4.69) is 5.32 Å². The maximum absolute atomic E-state index is 13.9. The van der Waals surface area contributed by atoms with Crippen molar-refractivity contribution in [3.63, 3.8) is 0 Å². The molecule has 5 rings (SSSR count). The van der Waals surface area contributed by atoms with Crippen molar-refractivity contribution < 1.29 is 14.3 Å². The minimum atomic E-state index is -1.03. The van der Waals surface area contributed by atoms with Crippen LogP contribution in [0.1, 0.15) is 55.1 Å². The molecule has 0 spiro atoms. The van der Waals surface area contributed by atoms with Gasteiger partial charge >= 0.3 is 0 Å². The van der Waals surface area contributed by atoms with E-state index in [1.54, 1.807) is 12.0 Å². The number of benzene rings is 2. The second kappa shape index (κ2) is 9.61. The van der Waals surface area contributed by atoms with Gasteiger partial charge in [-0.1, -0.05) is 61.7 Å². The molecule has 35 heavy (non-hydrogen) atoms. The highest BCUT2D eigenvalue weighted by molar-refractivity contribution is 6.00. The first-order valence-electron chi connectivity index (χ1n) is 12.5. The van der Waals surface area contributed by atoms with Gasteiger partial charge in [0.1, 0.15) is 17.0 Å². The van der Waals surface area contributed by atoms with Crippen LogP contribution >= 0.6 is 0 Å². The minimum absolute atomic E-state index is 0.0843. The van der Waals surface area contributed by atoms with Gasteiger partial charge in [0.05, 0.1) is 13.7 Å². The zero-order valence-electron chi connectivity index (χ0n) is 20.5. The number of aromatic nitrogens is 1. The molecule has 0 unspecified atom stereocenters. The monoisotopic (exact) mass is 471 g/mol. The Morgan fingerprint density at radius 2 is 1.74 bits per heavy atom. The molecule has 1 aliphatic carbocycles. The van der Waals surface area contributed by atoms with Crippen LogP contribution in [0, 0.1) is 0 Å². The Bertz CT molecular complexity index is 1210. The van der Waals surface area contributed by atoms with Gasteiger partial charge < -0.3 is 19.5 Å². The fourth-order valence-electron chi connectivity index (χ4n) is 5.42. The number of rotatable bonds is 6. The number of nitrogens with one attached hydrogen (secondary N) is 1. The Morgan fingerprint density at radius 3 is 2.49 bits per heavy atom. The summed E-state index contributed by atoms with van der Waals surface area (Å²) in [4.78, 5) is 29.6. The number of methoxy groups -OCH3 is 1. The molecule has 1 aliphatic heterocycles. The summed E-state index contributed by atoms with van der Waals surface area (Å²) in [5.41, 5.74) is 2.48. The largest absolute Gasteiger partial charge is 0.497 e. The lowest BCUT2D eigenvalue weighted by molar-refractivity contribution is -0.134. The number of carbonyl (C=O) groups is 2. The lowest BCUT2D eigenvalue weighted by Crippen LogP contribution is -2.64. The summed E-state index contributed by atoms with van der Waals surface area (Å²) in [6, 6.07) is 21.8. The summed E-state index contributed by atoms with van der Waals surface area (Å²) in [6.45, 7) is 2.63. The average Bonchev–Trinajstić information content (AvgIpc) is 3.31. The standard InChI is InChI=1S/C29H33N3O3/c1-29(28(34)30-23-13-7-4-8-14-23)20-31-25(22-11-5-3-6-12-22)16-17-26(31)27(33)32(29)19-21-10-9-15-24(18-21)35-2/h3,5-6,9-12,15-18,23H,4,7-8,13-14,19-20H2,1-2H3,(H,30,34)/t29-/m1/s1. The van der Waals surface area contributed by atoms with Crippen molar-refractivity contribution >= 4 is 11.8 Å². The molecule has 3 aromatic rings. The Hall–Kier alpha value is -3.54. The number of ether oxygens (including phenoxy) is 1. The zero-order valence-corrected chi connectivity index (χ0v) is 20.5. The molecule has 1 saturated carbocycles. The summed E-state index contributed by atoms with van der Waals surface area (Å²) in [6.07, 6.45) is 5.48. The minimum Gasteiger partial charge on any atom is -0.497 e. The molecule has 2 aliphatic rings. The third-order valence-corrected chi connectivity index (χ3v) is 7.48. The van der Waals surface area contributed by atoms with E-state index in [0.29, 0.717) is 18.8 Å². The third kappa shape index (κ3) is 4.45. The molecule has 1 fully saturated rings. The molecule has 1 aromatic heterocycles. The van der Waals surface area contributed by atoms with Crippen LogP contribution in [0.5, 0.6) is 5.75 Å². The van der Waals surface area contributed by atoms with Gasteiger partial charge in [0, 0.05) is 18.3 Å². The van der Waals surface area contributed by atoms with E-state index in [0.717, 1.165) is 48.3 Å². The predicted octanol–water partition coefficient (Wildman–Crippen LogP) is 5.03. The molecule has 2 aromatic carbocycles. The van der Waals surface area contributed by atoms with Gasteiger partial charge in [-0.3, -0.25) is 9.59 Å². The van der Waals surface area contributed by atoms with E-state index >= 15 is 0 Å². The van der Waals surface area contributed by atoms with Crippen LogP contribution in [0.15, 0.2) is 66.7 Å². The Morgan fingerprint density at radius 1 is 1.00 bits per heavy atom. The number of hydrogen-bond acceptors (Lipinski definition) is 3. The van der Waals surface area contributed by atoms with Crippen LogP contribution in [0.3, 0.4) is 0 Å². The van der Waals surface area contributed by atoms with Crippen molar-refractivity contribution in [2.75, 3.05) is 7.11 Å². The van der Waals surface area contributed by atoms with Crippen LogP contribution in [0.25, 0.3) is 11.3 Å². The van der Waals surface area contributed by atoms with Crippen molar-refractivity contribution in [3.8, 4) is 17.0 Å². The number of fused-ring (bicyclic) bond motifs is 1. The second-order valence-corrected chi connectivity index (χ2v) is 9.88. The molecule has 2 heterocycles. The first kappa shape index (κ1) is 23.2. The maximum Gasteiger partial charge on any atom is 0.271 e. The van der Waals surface area contributed by atoms with E-state index < -0.39 is 5.54 Å². The lowest BCUT2D eigenvalue weighted by atomic mass is 9.91. The molecule has 2 amide bonds. The summed E-state index contributed by atoms with van der Waals surface area (Å²) < 4.78 is 7.41. The number of amides is 2. The SMILES string of the molecule is COc1cccc(CN2C(=O)c3ccc(-c4ccccc4)n3C[C@]2(C)C(=O)NC2CCCCC2)c1. The van der Waals surface area contributed by atoms with Gasteiger partial charge in [-0.05, 0) is 55.2 Å².